The van der Waals surface area contributed by atoms with Crippen molar-refractivity contribution in [2.75, 3.05) is 33.0 Å². The Bertz CT molecular complexity index is 1120. The van der Waals surface area contributed by atoms with Crippen LogP contribution in [0.25, 0.3) is 5.69 Å². The number of methoxy groups -OCH3 is 2. The van der Waals surface area contributed by atoms with Crippen LogP contribution in [0.3, 0.4) is 0 Å². The minimum atomic E-state index is -0.245. The van der Waals surface area contributed by atoms with E-state index in [1.54, 1.807) is 18.9 Å². The average Bonchev–Trinajstić information content (AvgIpc) is 3.17. The number of nitriles is 1. The number of nitrogens with two attached hydrogens (primary N) is 1. The van der Waals surface area contributed by atoms with Gasteiger partial charge in [0.25, 0.3) is 0 Å². The topological polar surface area (TPSA) is 127 Å². The number of nitrogens with zero attached hydrogens (tertiary/aromatic N) is 3. The van der Waals surface area contributed by atoms with Gasteiger partial charge in [-0.15, -0.1) is 0 Å². The number of nitrogen functional groups attached to an aromatic ring is 1. The van der Waals surface area contributed by atoms with Gasteiger partial charge < -0.3 is 25.8 Å². The van der Waals surface area contributed by atoms with Gasteiger partial charge in [0, 0.05) is 13.1 Å². The van der Waals surface area contributed by atoms with Crippen LogP contribution in [0, 0.1) is 11.3 Å². The number of urea groups is 1. The predicted molar refractivity (Wildman–Crippen MR) is 126 cm³/mol. The Morgan fingerprint density at radius 3 is 2.48 bits per heavy atom. The standard InChI is InChI=1S/C24H28N6O3/c1-32-21-11-10-17(15-22(21)33-2)12-14-28-24(31)27-13-6-9-20-19(16-25)23(26)30(29-20)18-7-4-3-5-8-18/h3-5,7-8,10-11,15H,6,9,12-14,26H2,1-2H3,(H2,27,28,31). The molecule has 0 saturated heterocycles. The van der Waals surface area contributed by atoms with Crippen LogP contribution in [0.15, 0.2) is 48.5 Å². The maximum Gasteiger partial charge on any atom is 0.314 e. The molecule has 0 fully saturated rings. The summed E-state index contributed by atoms with van der Waals surface area (Å²) in [5.74, 6) is 1.65. The van der Waals surface area contributed by atoms with Crippen molar-refractivity contribution < 1.29 is 14.3 Å². The van der Waals surface area contributed by atoms with Crippen molar-refractivity contribution in [2.24, 2.45) is 0 Å². The van der Waals surface area contributed by atoms with Crippen molar-refractivity contribution in [3.63, 3.8) is 0 Å². The average molecular weight is 449 g/mol. The first-order valence-corrected chi connectivity index (χ1v) is 10.6. The molecule has 0 bridgehead atoms. The Kier molecular flexibility index (Phi) is 8.13. The van der Waals surface area contributed by atoms with Crippen molar-refractivity contribution in [2.45, 2.75) is 19.3 Å². The van der Waals surface area contributed by atoms with Crippen molar-refractivity contribution in [1.82, 2.24) is 20.4 Å². The number of rotatable bonds is 10. The highest BCUT2D eigenvalue weighted by Gasteiger charge is 2.16. The molecule has 0 saturated carbocycles. The second-order valence-electron chi connectivity index (χ2n) is 7.29. The lowest BCUT2D eigenvalue weighted by Crippen LogP contribution is -2.37. The third kappa shape index (κ3) is 5.95. The second-order valence-corrected chi connectivity index (χ2v) is 7.29. The second kappa shape index (κ2) is 11.4. The Hall–Kier alpha value is -4.19. The molecular weight excluding hydrogens is 420 g/mol. The van der Waals surface area contributed by atoms with Crippen LogP contribution >= 0.6 is 0 Å². The van der Waals surface area contributed by atoms with Crippen molar-refractivity contribution in [3.8, 4) is 23.3 Å². The molecule has 172 valence electrons. The number of aryl methyl sites for hydroxylation is 1. The van der Waals surface area contributed by atoms with Gasteiger partial charge in [-0.05, 0) is 49.1 Å². The van der Waals surface area contributed by atoms with E-state index in [-0.39, 0.29) is 6.03 Å². The van der Waals surface area contributed by atoms with Gasteiger partial charge in [0.2, 0.25) is 0 Å². The highest BCUT2D eigenvalue weighted by Crippen LogP contribution is 2.27. The van der Waals surface area contributed by atoms with E-state index in [1.807, 2.05) is 48.5 Å². The quantitative estimate of drug-likeness (QED) is 0.409. The maximum absolute atomic E-state index is 12.1. The molecule has 9 nitrogen and oxygen atoms in total. The fourth-order valence-electron chi connectivity index (χ4n) is 3.42. The fraction of sp³-hybridized carbons (Fsp3) is 0.292. The number of hydrogen-bond donors (Lipinski definition) is 3. The molecule has 0 aliphatic carbocycles. The van der Waals surface area contributed by atoms with Gasteiger partial charge in [-0.25, -0.2) is 9.48 Å². The molecule has 3 rings (SSSR count). The van der Waals surface area contributed by atoms with E-state index in [0.717, 1.165) is 11.3 Å². The summed E-state index contributed by atoms with van der Waals surface area (Å²) < 4.78 is 12.1. The Morgan fingerprint density at radius 1 is 1.06 bits per heavy atom. The van der Waals surface area contributed by atoms with Crippen LogP contribution in [-0.2, 0) is 12.8 Å². The first kappa shape index (κ1) is 23.5. The van der Waals surface area contributed by atoms with Crippen LogP contribution in [0.1, 0.15) is 23.2 Å². The van der Waals surface area contributed by atoms with Gasteiger partial charge in [0.15, 0.2) is 11.5 Å². The molecule has 0 radical (unpaired) electrons. The van der Waals surface area contributed by atoms with Crippen LogP contribution in [0.2, 0.25) is 0 Å². The lowest BCUT2D eigenvalue weighted by molar-refractivity contribution is 0.241. The first-order chi connectivity index (χ1) is 16.1. The molecular formula is C24H28N6O3. The molecule has 0 aliphatic heterocycles. The zero-order chi connectivity index (χ0) is 23.6. The zero-order valence-electron chi connectivity index (χ0n) is 18.8. The van der Waals surface area contributed by atoms with E-state index in [9.17, 15) is 10.1 Å². The number of hydrogen-bond acceptors (Lipinski definition) is 6. The van der Waals surface area contributed by atoms with Crippen LogP contribution in [0.4, 0.5) is 10.6 Å². The van der Waals surface area contributed by atoms with E-state index >= 15 is 0 Å². The smallest absolute Gasteiger partial charge is 0.314 e. The summed E-state index contributed by atoms with van der Waals surface area (Å²) in [6.45, 7) is 0.934. The van der Waals surface area contributed by atoms with Crippen molar-refractivity contribution >= 4 is 11.8 Å². The normalized spacial score (nSPS) is 10.3. The summed E-state index contributed by atoms with van der Waals surface area (Å²) in [5.41, 5.74) is 8.94. The van der Waals surface area contributed by atoms with E-state index in [2.05, 4.69) is 21.8 Å². The summed E-state index contributed by atoms with van der Waals surface area (Å²) in [4.78, 5) is 12.1. The van der Waals surface area contributed by atoms with Gasteiger partial charge in [-0.1, -0.05) is 24.3 Å². The maximum atomic E-state index is 12.1. The largest absolute Gasteiger partial charge is 0.493 e. The minimum Gasteiger partial charge on any atom is -0.493 e. The summed E-state index contributed by atoms with van der Waals surface area (Å²) >= 11 is 0. The number of para-hydroxylation sites is 1. The Labute approximate surface area is 193 Å². The number of carbonyl (C=O) groups is 1. The third-order valence-corrected chi connectivity index (χ3v) is 5.13. The predicted octanol–water partition coefficient (Wildman–Crippen LogP) is 2.82. The third-order valence-electron chi connectivity index (χ3n) is 5.13. The Balaban J connectivity index is 1.44. The number of amides is 2. The van der Waals surface area contributed by atoms with Crippen molar-refractivity contribution in [1.29, 1.82) is 5.26 Å². The number of aromatic nitrogens is 2. The van der Waals surface area contributed by atoms with Crippen LogP contribution in [-0.4, -0.2) is 43.1 Å². The molecule has 0 aliphatic rings. The molecule has 33 heavy (non-hydrogen) atoms. The molecule has 0 spiro atoms. The number of benzene rings is 2. The molecule has 0 atom stereocenters. The van der Waals surface area contributed by atoms with Gasteiger partial charge in [0.1, 0.15) is 17.5 Å². The van der Waals surface area contributed by atoms with Crippen LogP contribution < -0.4 is 25.8 Å². The number of carbonyl (C=O) groups excluding carboxylic acids is 1. The number of anilines is 1. The lowest BCUT2D eigenvalue weighted by Gasteiger charge is -2.10. The highest BCUT2D eigenvalue weighted by atomic mass is 16.5. The molecule has 1 aromatic heterocycles. The summed E-state index contributed by atoms with van der Waals surface area (Å²) in [5, 5.41) is 19.6. The summed E-state index contributed by atoms with van der Waals surface area (Å²) in [6, 6.07) is 17.0. The van der Waals surface area contributed by atoms with Gasteiger partial charge in [-0.2, -0.15) is 10.4 Å². The van der Waals surface area contributed by atoms with Gasteiger partial charge in [-0.3, -0.25) is 0 Å². The molecule has 2 amide bonds. The van der Waals surface area contributed by atoms with Crippen LogP contribution in [0.5, 0.6) is 11.5 Å². The molecule has 9 heteroatoms. The SMILES string of the molecule is COc1ccc(CCNC(=O)NCCCc2nn(-c3ccccc3)c(N)c2C#N)cc1OC. The monoisotopic (exact) mass is 448 g/mol. The van der Waals surface area contributed by atoms with Gasteiger partial charge >= 0.3 is 6.03 Å². The van der Waals surface area contributed by atoms with E-state index in [1.165, 1.54) is 0 Å². The van der Waals surface area contributed by atoms with E-state index in [4.69, 9.17) is 15.2 Å². The van der Waals surface area contributed by atoms with Gasteiger partial charge in [0.05, 0.1) is 25.6 Å². The zero-order valence-corrected chi connectivity index (χ0v) is 18.8. The Morgan fingerprint density at radius 2 is 1.79 bits per heavy atom. The van der Waals surface area contributed by atoms with Crippen molar-refractivity contribution in [3.05, 3.63) is 65.4 Å². The molecule has 3 aromatic rings. The molecule has 1 heterocycles. The summed E-state index contributed by atoms with van der Waals surface area (Å²) in [7, 11) is 3.18. The lowest BCUT2D eigenvalue weighted by atomic mass is 10.1. The number of ether oxygens (including phenoxy) is 2. The van der Waals surface area contributed by atoms with E-state index in [0.29, 0.717) is 60.9 Å². The molecule has 0 unspecified atom stereocenters. The highest BCUT2D eigenvalue weighted by molar-refractivity contribution is 5.73. The number of nitrogens with one attached hydrogen (secondary N) is 2. The summed E-state index contributed by atoms with van der Waals surface area (Å²) in [6.07, 6.45) is 1.82. The van der Waals surface area contributed by atoms with E-state index < -0.39 is 0 Å². The fourth-order valence-corrected chi connectivity index (χ4v) is 3.42. The molecule has 2 aromatic carbocycles. The minimum absolute atomic E-state index is 0.245. The molecule has 4 N–H and O–H groups in total. The first-order valence-electron chi connectivity index (χ1n) is 10.6.